The fourth-order valence-corrected chi connectivity index (χ4v) is 2.46. The monoisotopic (exact) mass is 376 g/mol. The summed E-state index contributed by atoms with van der Waals surface area (Å²) in [5.41, 5.74) is 0.492. The molecular weight excluding hydrogens is 360 g/mol. The Morgan fingerprint density at radius 2 is 1.88 bits per heavy atom. The molecule has 0 heterocycles. The van der Waals surface area contributed by atoms with Crippen molar-refractivity contribution in [3.63, 3.8) is 0 Å². The van der Waals surface area contributed by atoms with Gasteiger partial charge < -0.3 is 9.64 Å². The minimum atomic E-state index is -0.896. The molecular formula is C18H17ClN2O5. The lowest BCUT2D eigenvalue weighted by atomic mass is 10.1. The highest BCUT2D eigenvalue weighted by Gasteiger charge is 2.21. The number of rotatable bonds is 6. The molecule has 0 radical (unpaired) electrons. The topological polar surface area (TPSA) is 89.8 Å². The number of hydrogen-bond donors (Lipinski definition) is 0. The lowest BCUT2D eigenvalue weighted by Crippen LogP contribution is -2.33. The molecule has 0 saturated carbocycles. The number of nitro benzene ring substituents is 1. The first-order valence-corrected chi connectivity index (χ1v) is 8.10. The van der Waals surface area contributed by atoms with Gasteiger partial charge >= 0.3 is 5.97 Å². The van der Waals surface area contributed by atoms with Gasteiger partial charge in [-0.05, 0) is 18.6 Å². The molecule has 26 heavy (non-hydrogen) atoms. The number of likely N-dealkylation sites (N-methyl/N-ethyl adjacent to an activating group) is 1. The summed E-state index contributed by atoms with van der Waals surface area (Å²) in [6, 6.07) is 12.6. The van der Waals surface area contributed by atoms with Crippen molar-refractivity contribution < 1.29 is 19.2 Å². The van der Waals surface area contributed by atoms with Gasteiger partial charge in [0.15, 0.2) is 6.61 Å². The Bertz CT molecular complexity index is 826. The van der Waals surface area contributed by atoms with Crippen molar-refractivity contribution in [1.29, 1.82) is 0 Å². The predicted molar refractivity (Wildman–Crippen MR) is 96.0 cm³/mol. The number of halogens is 1. The van der Waals surface area contributed by atoms with Gasteiger partial charge in [-0.3, -0.25) is 14.9 Å². The van der Waals surface area contributed by atoms with E-state index in [0.717, 1.165) is 11.6 Å². The second-order valence-corrected chi connectivity index (χ2v) is 6.00. The third-order valence-electron chi connectivity index (χ3n) is 3.96. The van der Waals surface area contributed by atoms with Crippen LogP contribution in [-0.4, -0.2) is 35.4 Å². The number of esters is 1. The number of benzene rings is 2. The van der Waals surface area contributed by atoms with Crippen LogP contribution in [0.3, 0.4) is 0 Å². The van der Waals surface area contributed by atoms with Crippen LogP contribution in [0.5, 0.6) is 0 Å². The van der Waals surface area contributed by atoms with Crippen LogP contribution in [0.1, 0.15) is 28.9 Å². The zero-order chi connectivity index (χ0) is 19.3. The number of carbonyl (C=O) groups is 2. The quantitative estimate of drug-likeness (QED) is 0.436. The maximum atomic E-state index is 12.3. The number of non-ortho nitro benzene ring substituents is 1. The third kappa shape index (κ3) is 4.58. The van der Waals surface area contributed by atoms with E-state index in [9.17, 15) is 19.7 Å². The van der Waals surface area contributed by atoms with Gasteiger partial charge in [-0.25, -0.2) is 4.79 Å². The first-order valence-electron chi connectivity index (χ1n) is 7.73. The fraction of sp³-hybridized carbons (Fsp3) is 0.222. The minimum Gasteiger partial charge on any atom is -0.452 e. The molecule has 0 bridgehead atoms. The number of hydrogen-bond acceptors (Lipinski definition) is 5. The molecule has 1 unspecified atom stereocenters. The normalized spacial score (nSPS) is 11.5. The fourth-order valence-electron chi connectivity index (χ4n) is 2.26. The van der Waals surface area contributed by atoms with E-state index in [1.54, 1.807) is 7.05 Å². The second-order valence-electron chi connectivity index (χ2n) is 5.59. The highest BCUT2D eigenvalue weighted by molar-refractivity contribution is 6.33. The van der Waals surface area contributed by atoms with Gasteiger partial charge in [0.1, 0.15) is 0 Å². The summed E-state index contributed by atoms with van der Waals surface area (Å²) in [5.74, 6) is -1.30. The van der Waals surface area contributed by atoms with Crippen molar-refractivity contribution in [1.82, 2.24) is 4.90 Å². The molecule has 0 aliphatic heterocycles. The Morgan fingerprint density at radius 3 is 2.50 bits per heavy atom. The molecule has 0 aliphatic rings. The molecule has 2 rings (SSSR count). The zero-order valence-corrected chi connectivity index (χ0v) is 15.0. The molecule has 0 spiro atoms. The van der Waals surface area contributed by atoms with Crippen molar-refractivity contribution in [2.45, 2.75) is 13.0 Å². The summed E-state index contributed by atoms with van der Waals surface area (Å²) in [6.07, 6.45) is 0. The van der Waals surface area contributed by atoms with Gasteiger partial charge in [-0.2, -0.15) is 0 Å². The number of amides is 1. The first kappa shape index (κ1) is 19.4. The van der Waals surface area contributed by atoms with E-state index in [1.807, 2.05) is 37.3 Å². The molecule has 0 N–H and O–H groups in total. The standard InChI is InChI=1S/C18H17ClN2O5/c1-12(13-6-4-3-5-7-13)20(2)17(22)11-26-18(23)15-10-14(21(24)25)8-9-16(15)19/h3-10,12H,11H2,1-2H3. The molecule has 2 aromatic carbocycles. The van der Waals surface area contributed by atoms with Crippen LogP contribution in [-0.2, 0) is 9.53 Å². The summed E-state index contributed by atoms with van der Waals surface area (Å²) in [4.78, 5) is 36.0. The SMILES string of the molecule is CC(c1ccccc1)N(C)C(=O)COC(=O)c1cc([N+](=O)[O-])ccc1Cl. The lowest BCUT2D eigenvalue weighted by Gasteiger charge is -2.25. The number of ether oxygens (including phenoxy) is 1. The number of nitro groups is 1. The molecule has 0 saturated heterocycles. The Balaban J connectivity index is 2.02. The van der Waals surface area contributed by atoms with Crippen LogP contribution in [0, 0.1) is 10.1 Å². The highest BCUT2D eigenvalue weighted by Crippen LogP contribution is 2.23. The highest BCUT2D eigenvalue weighted by atomic mass is 35.5. The summed E-state index contributed by atoms with van der Waals surface area (Å²) in [5, 5.41) is 10.8. The Kier molecular flexibility index (Phi) is 6.30. The van der Waals surface area contributed by atoms with Crippen LogP contribution < -0.4 is 0 Å². The average Bonchev–Trinajstić information content (AvgIpc) is 2.65. The Hall–Kier alpha value is -2.93. The molecule has 1 amide bonds. The van der Waals surface area contributed by atoms with E-state index in [2.05, 4.69) is 0 Å². The molecule has 2 aromatic rings. The Morgan fingerprint density at radius 1 is 1.23 bits per heavy atom. The summed E-state index contributed by atoms with van der Waals surface area (Å²) in [7, 11) is 1.61. The van der Waals surface area contributed by atoms with Gasteiger partial charge in [-0.1, -0.05) is 41.9 Å². The maximum Gasteiger partial charge on any atom is 0.340 e. The van der Waals surface area contributed by atoms with Crippen molar-refractivity contribution in [3.8, 4) is 0 Å². The largest absolute Gasteiger partial charge is 0.452 e. The number of nitrogens with zero attached hydrogens (tertiary/aromatic N) is 2. The van der Waals surface area contributed by atoms with Crippen LogP contribution in [0.15, 0.2) is 48.5 Å². The smallest absolute Gasteiger partial charge is 0.340 e. The average molecular weight is 377 g/mol. The minimum absolute atomic E-state index is 0.0130. The van der Waals surface area contributed by atoms with Gasteiger partial charge in [-0.15, -0.1) is 0 Å². The van der Waals surface area contributed by atoms with Crippen LogP contribution in [0.4, 0.5) is 5.69 Å². The van der Waals surface area contributed by atoms with E-state index in [0.29, 0.717) is 0 Å². The van der Waals surface area contributed by atoms with E-state index < -0.39 is 23.4 Å². The van der Waals surface area contributed by atoms with Crippen LogP contribution in [0.2, 0.25) is 5.02 Å². The van der Waals surface area contributed by atoms with E-state index in [4.69, 9.17) is 16.3 Å². The van der Waals surface area contributed by atoms with Crippen LogP contribution in [0.25, 0.3) is 0 Å². The van der Waals surface area contributed by atoms with E-state index in [1.165, 1.54) is 17.0 Å². The van der Waals surface area contributed by atoms with Crippen molar-refractivity contribution in [2.75, 3.05) is 13.7 Å². The van der Waals surface area contributed by atoms with Gasteiger partial charge in [0, 0.05) is 19.2 Å². The van der Waals surface area contributed by atoms with E-state index in [-0.39, 0.29) is 22.3 Å². The first-order chi connectivity index (χ1) is 12.3. The van der Waals surface area contributed by atoms with Crippen molar-refractivity contribution >= 4 is 29.2 Å². The molecule has 7 nitrogen and oxygen atoms in total. The maximum absolute atomic E-state index is 12.3. The molecule has 0 aromatic heterocycles. The molecule has 0 fully saturated rings. The molecule has 8 heteroatoms. The van der Waals surface area contributed by atoms with Gasteiger partial charge in [0.05, 0.1) is 21.6 Å². The van der Waals surface area contributed by atoms with Gasteiger partial charge in [0.25, 0.3) is 11.6 Å². The summed E-state index contributed by atoms with van der Waals surface area (Å²) < 4.78 is 4.98. The zero-order valence-electron chi connectivity index (χ0n) is 14.2. The molecule has 1 atom stereocenters. The van der Waals surface area contributed by atoms with Crippen molar-refractivity contribution in [3.05, 3.63) is 74.8 Å². The second kappa shape index (κ2) is 8.44. The van der Waals surface area contributed by atoms with E-state index >= 15 is 0 Å². The van der Waals surface area contributed by atoms with Gasteiger partial charge in [0.2, 0.25) is 0 Å². The molecule has 0 aliphatic carbocycles. The van der Waals surface area contributed by atoms with Crippen LogP contribution >= 0.6 is 11.6 Å². The number of carbonyl (C=O) groups excluding carboxylic acids is 2. The summed E-state index contributed by atoms with van der Waals surface area (Å²) >= 11 is 5.89. The predicted octanol–water partition coefficient (Wildman–Crippen LogP) is 3.62. The van der Waals surface area contributed by atoms with Crippen molar-refractivity contribution in [2.24, 2.45) is 0 Å². The molecule has 136 valence electrons. The Labute approximate surface area is 155 Å². The summed E-state index contributed by atoms with van der Waals surface area (Å²) in [6.45, 7) is 1.36. The lowest BCUT2D eigenvalue weighted by molar-refractivity contribution is -0.384. The third-order valence-corrected chi connectivity index (χ3v) is 4.29.